The molecule has 21 heavy (non-hydrogen) atoms. The van der Waals surface area contributed by atoms with Crippen molar-refractivity contribution in [3.63, 3.8) is 0 Å². The summed E-state index contributed by atoms with van der Waals surface area (Å²) in [6, 6.07) is 10.1. The second-order valence-electron chi connectivity index (χ2n) is 4.25. The number of hydrogen-bond donors (Lipinski definition) is 1. The lowest BCUT2D eigenvalue weighted by Crippen LogP contribution is -2.23. The summed E-state index contributed by atoms with van der Waals surface area (Å²) in [6.07, 6.45) is 0. The Hall–Kier alpha value is -1.63. The van der Waals surface area contributed by atoms with Crippen LogP contribution in [0.4, 0.5) is 4.39 Å². The molecule has 0 saturated heterocycles. The summed E-state index contributed by atoms with van der Waals surface area (Å²) in [5.41, 5.74) is 0.568. The molecule has 0 bridgehead atoms. The van der Waals surface area contributed by atoms with Gasteiger partial charge in [-0.3, -0.25) is 0 Å². The Kier molecular flexibility index (Phi) is 4.82. The molecule has 0 heterocycles. The lowest BCUT2D eigenvalue weighted by Gasteiger charge is -2.08. The van der Waals surface area contributed by atoms with Crippen LogP contribution in [-0.2, 0) is 16.6 Å². The van der Waals surface area contributed by atoms with Crippen molar-refractivity contribution < 1.29 is 17.5 Å². The number of sulfonamides is 1. The van der Waals surface area contributed by atoms with Crippen LogP contribution in [0.2, 0.25) is 5.02 Å². The fraction of sp³-hybridized carbons (Fsp3) is 0.143. The van der Waals surface area contributed by atoms with Crippen LogP contribution in [0, 0.1) is 5.82 Å². The van der Waals surface area contributed by atoms with E-state index in [0.29, 0.717) is 11.3 Å². The van der Waals surface area contributed by atoms with E-state index in [0.717, 1.165) is 0 Å². The SMILES string of the molecule is COc1ccc(S(=O)(=O)NCc2ccc(F)c(Cl)c2)cc1. The molecule has 0 aromatic heterocycles. The fourth-order valence-electron chi connectivity index (χ4n) is 1.67. The largest absolute Gasteiger partial charge is 0.497 e. The number of rotatable bonds is 5. The Morgan fingerprint density at radius 3 is 2.43 bits per heavy atom. The summed E-state index contributed by atoms with van der Waals surface area (Å²) in [4.78, 5) is 0.122. The second kappa shape index (κ2) is 6.43. The van der Waals surface area contributed by atoms with Gasteiger partial charge in [-0.25, -0.2) is 17.5 Å². The van der Waals surface area contributed by atoms with E-state index in [4.69, 9.17) is 16.3 Å². The van der Waals surface area contributed by atoms with Gasteiger partial charge >= 0.3 is 0 Å². The summed E-state index contributed by atoms with van der Waals surface area (Å²) < 4.78 is 44.6. The molecular weight excluding hydrogens is 317 g/mol. The summed E-state index contributed by atoms with van der Waals surface area (Å²) in [7, 11) is -2.15. The van der Waals surface area contributed by atoms with Crippen LogP contribution in [0.15, 0.2) is 47.4 Å². The predicted molar refractivity (Wildman–Crippen MR) is 78.4 cm³/mol. The molecule has 112 valence electrons. The van der Waals surface area contributed by atoms with Gasteiger partial charge < -0.3 is 4.74 Å². The van der Waals surface area contributed by atoms with Crippen LogP contribution < -0.4 is 9.46 Å². The first-order chi connectivity index (χ1) is 9.92. The molecule has 0 aliphatic carbocycles. The number of halogens is 2. The minimum atomic E-state index is -3.65. The minimum Gasteiger partial charge on any atom is -0.497 e. The van der Waals surface area contributed by atoms with E-state index in [9.17, 15) is 12.8 Å². The van der Waals surface area contributed by atoms with Gasteiger partial charge in [-0.1, -0.05) is 17.7 Å². The number of nitrogens with one attached hydrogen (secondary N) is 1. The normalized spacial score (nSPS) is 11.4. The second-order valence-corrected chi connectivity index (χ2v) is 6.42. The monoisotopic (exact) mass is 329 g/mol. The standard InChI is InChI=1S/C14H13ClFNO3S/c1-20-11-3-5-12(6-4-11)21(18,19)17-9-10-2-7-14(16)13(15)8-10/h2-8,17H,9H2,1H3. The Bertz CT molecular complexity index is 732. The van der Waals surface area contributed by atoms with Crippen LogP contribution >= 0.6 is 11.6 Å². The van der Waals surface area contributed by atoms with E-state index in [2.05, 4.69) is 4.72 Å². The first kappa shape index (κ1) is 15.8. The van der Waals surface area contributed by atoms with Crippen LogP contribution in [0.5, 0.6) is 5.75 Å². The first-order valence-electron chi connectivity index (χ1n) is 6.00. The Labute approximate surface area is 127 Å². The van der Waals surface area contributed by atoms with E-state index in [1.165, 1.54) is 37.4 Å². The predicted octanol–water partition coefficient (Wildman–Crippen LogP) is 2.97. The van der Waals surface area contributed by atoms with Crippen molar-refractivity contribution >= 4 is 21.6 Å². The molecule has 1 N–H and O–H groups in total. The Morgan fingerprint density at radius 2 is 1.86 bits per heavy atom. The average molecular weight is 330 g/mol. The summed E-state index contributed by atoms with van der Waals surface area (Å²) in [5, 5.41) is -0.0452. The molecular formula is C14H13ClFNO3S. The molecule has 0 amide bonds. The van der Waals surface area contributed by atoms with Crippen molar-refractivity contribution in [3.8, 4) is 5.75 Å². The van der Waals surface area contributed by atoms with Crippen LogP contribution in [-0.4, -0.2) is 15.5 Å². The molecule has 2 aromatic carbocycles. The maximum Gasteiger partial charge on any atom is 0.240 e. The summed E-state index contributed by atoms with van der Waals surface area (Å²) >= 11 is 5.65. The highest BCUT2D eigenvalue weighted by Crippen LogP contribution is 2.18. The zero-order chi connectivity index (χ0) is 15.5. The third-order valence-electron chi connectivity index (χ3n) is 2.82. The third kappa shape index (κ3) is 3.93. The Morgan fingerprint density at radius 1 is 1.19 bits per heavy atom. The zero-order valence-electron chi connectivity index (χ0n) is 11.1. The maximum atomic E-state index is 13.0. The van der Waals surface area contributed by atoms with E-state index < -0.39 is 15.8 Å². The van der Waals surface area contributed by atoms with Gasteiger partial charge in [0.05, 0.1) is 17.0 Å². The van der Waals surface area contributed by atoms with Crippen LogP contribution in [0.3, 0.4) is 0 Å². The first-order valence-corrected chi connectivity index (χ1v) is 7.86. The molecule has 0 aliphatic heterocycles. The minimum absolute atomic E-state index is 0.0222. The molecule has 0 spiro atoms. The molecule has 7 heteroatoms. The van der Waals surface area contributed by atoms with Gasteiger partial charge in [-0.15, -0.1) is 0 Å². The Balaban J connectivity index is 2.11. The van der Waals surface area contributed by atoms with E-state index in [-0.39, 0.29) is 16.5 Å². The quantitative estimate of drug-likeness (QED) is 0.917. The van der Waals surface area contributed by atoms with Crippen molar-refractivity contribution in [2.45, 2.75) is 11.4 Å². The van der Waals surface area contributed by atoms with Gasteiger partial charge in [0.25, 0.3) is 0 Å². The summed E-state index contributed by atoms with van der Waals surface area (Å²) in [5.74, 6) is 0.0256. The highest BCUT2D eigenvalue weighted by atomic mass is 35.5. The summed E-state index contributed by atoms with van der Waals surface area (Å²) in [6.45, 7) is 0.0222. The molecule has 0 saturated carbocycles. The molecule has 0 unspecified atom stereocenters. The fourth-order valence-corrected chi connectivity index (χ4v) is 2.89. The number of benzene rings is 2. The molecule has 2 aromatic rings. The highest BCUT2D eigenvalue weighted by Gasteiger charge is 2.14. The number of hydrogen-bond acceptors (Lipinski definition) is 3. The lowest BCUT2D eigenvalue weighted by atomic mass is 10.2. The molecule has 4 nitrogen and oxygen atoms in total. The van der Waals surface area contributed by atoms with E-state index >= 15 is 0 Å². The third-order valence-corrected chi connectivity index (χ3v) is 4.53. The highest BCUT2D eigenvalue weighted by molar-refractivity contribution is 7.89. The molecule has 0 atom stereocenters. The molecule has 0 aliphatic rings. The molecule has 0 radical (unpaired) electrons. The van der Waals surface area contributed by atoms with Gasteiger partial charge in [-0.05, 0) is 42.0 Å². The van der Waals surface area contributed by atoms with Crippen molar-refractivity contribution in [1.29, 1.82) is 0 Å². The van der Waals surface area contributed by atoms with E-state index in [1.54, 1.807) is 12.1 Å². The lowest BCUT2D eigenvalue weighted by molar-refractivity contribution is 0.414. The van der Waals surface area contributed by atoms with Crippen LogP contribution in [0.1, 0.15) is 5.56 Å². The zero-order valence-corrected chi connectivity index (χ0v) is 12.7. The van der Waals surface area contributed by atoms with Gasteiger partial charge in [0.1, 0.15) is 11.6 Å². The average Bonchev–Trinajstić information content (AvgIpc) is 2.48. The molecule has 0 fully saturated rings. The van der Waals surface area contributed by atoms with Crippen molar-refractivity contribution in [2.75, 3.05) is 7.11 Å². The number of methoxy groups -OCH3 is 1. The van der Waals surface area contributed by atoms with Gasteiger partial charge in [0, 0.05) is 6.54 Å². The van der Waals surface area contributed by atoms with Gasteiger partial charge in [-0.2, -0.15) is 0 Å². The van der Waals surface area contributed by atoms with Crippen molar-refractivity contribution in [3.05, 3.63) is 58.9 Å². The molecule has 2 rings (SSSR count). The number of ether oxygens (including phenoxy) is 1. The van der Waals surface area contributed by atoms with Crippen molar-refractivity contribution in [1.82, 2.24) is 4.72 Å². The van der Waals surface area contributed by atoms with E-state index in [1.807, 2.05) is 0 Å². The van der Waals surface area contributed by atoms with Gasteiger partial charge in [0.15, 0.2) is 0 Å². The van der Waals surface area contributed by atoms with Crippen LogP contribution in [0.25, 0.3) is 0 Å². The van der Waals surface area contributed by atoms with Crippen molar-refractivity contribution in [2.24, 2.45) is 0 Å². The van der Waals surface area contributed by atoms with Gasteiger partial charge in [0.2, 0.25) is 10.0 Å². The maximum absolute atomic E-state index is 13.0. The topological polar surface area (TPSA) is 55.4 Å². The smallest absolute Gasteiger partial charge is 0.240 e.